The molecule has 0 fully saturated rings. The summed E-state index contributed by atoms with van der Waals surface area (Å²) in [6, 6.07) is 16.5. The number of thioether (sulfide) groups is 1. The number of thiophene rings is 1. The number of allylic oxidation sites excluding steroid dienone is 1. The summed E-state index contributed by atoms with van der Waals surface area (Å²) in [5, 5.41) is 2.09. The van der Waals surface area contributed by atoms with Crippen LogP contribution in [0.2, 0.25) is 0 Å². The van der Waals surface area contributed by atoms with Crippen LogP contribution in [-0.4, -0.2) is 26.5 Å². The van der Waals surface area contributed by atoms with Gasteiger partial charge in [-0.1, -0.05) is 23.9 Å². The average Bonchev–Trinajstić information content (AvgIpc) is 3.48. The molecular weight excluding hydrogens is 426 g/mol. The molecule has 3 aromatic rings. The number of hydrogen-bond donors (Lipinski definition) is 1. The molecule has 0 spiro atoms. The van der Waals surface area contributed by atoms with Crippen LogP contribution in [0.25, 0.3) is 10.4 Å². The Morgan fingerprint density at radius 1 is 1.06 bits per heavy atom. The molecule has 5 rings (SSSR count). The van der Waals surface area contributed by atoms with E-state index in [0.717, 1.165) is 47.1 Å². The van der Waals surface area contributed by atoms with Gasteiger partial charge in [0.25, 0.3) is 0 Å². The third kappa shape index (κ3) is 3.79. The second-order valence-electron chi connectivity index (χ2n) is 7.34. The first-order valence-electron chi connectivity index (χ1n) is 10.0. The lowest BCUT2D eigenvalue weighted by Crippen LogP contribution is -2.25. The fraction of sp³-hybridized carbons (Fsp3) is 0.208. The van der Waals surface area contributed by atoms with E-state index in [1.54, 1.807) is 37.3 Å². The number of ether oxygens (including phenoxy) is 2. The van der Waals surface area contributed by atoms with Gasteiger partial charge in [-0.3, -0.25) is 4.99 Å². The quantitative estimate of drug-likeness (QED) is 0.488. The Hall–Kier alpha value is -2.90. The van der Waals surface area contributed by atoms with E-state index < -0.39 is 0 Å². The van der Waals surface area contributed by atoms with E-state index in [-0.39, 0.29) is 5.37 Å². The number of benzene rings is 2. The summed E-state index contributed by atoms with van der Waals surface area (Å²) in [5.41, 5.74) is 11.7. The van der Waals surface area contributed by atoms with Gasteiger partial charge in [-0.2, -0.15) is 0 Å². The van der Waals surface area contributed by atoms with Crippen LogP contribution in [-0.2, 0) is 0 Å². The molecule has 5 nitrogen and oxygen atoms in total. The molecular formula is C24H23N3O2S2. The molecule has 31 heavy (non-hydrogen) atoms. The van der Waals surface area contributed by atoms with Gasteiger partial charge in [-0.15, -0.1) is 11.3 Å². The summed E-state index contributed by atoms with van der Waals surface area (Å²) in [4.78, 5) is 9.71. The zero-order valence-electron chi connectivity index (χ0n) is 17.4. The molecule has 2 aromatic carbocycles. The smallest absolute Gasteiger partial charge is 0.162 e. The van der Waals surface area contributed by atoms with E-state index in [0.29, 0.717) is 0 Å². The lowest BCUT2D eigenvalue weighted by atomic mass is 10.1. The van der Waals surface area contributed by atoms with Crippen molar-refractivity contribution in [3.8, 4) is 21.9 Å². The van der Waals surface area contributed by atoms with Crippen molar-refractivity contribution in [2.24, 2.45) is 4.99 Å². The molecule has 0 radical (unpaired) electrons. The Labute approximate surface area is 190 Å². The zero-order valence-corrected chi connectivity index (χ0v) is 19.0. The predicted octanol–water partition coefficient (Wildman–Crippen LogP) is 5.95. The third-order valence-corrected chi connectivity index (χ3v) is 7.61. The van der Waals surface area contributed by atoms with E-state index in [4.69, 9.17) is 20.2 Å². The molecule has 0 bridgehead atoms. The summed E-state index contributed by atoms with van der Waals surface area (Å²) < 4.78 is 10.8. The standard InChI is InChI=1S/C24H23N3O2S2/c1-28-20-8-6-16(13-21(20)29-2)27-10-9-19-23(14-27)31-24(26-19)17-12-15(5-7-18(17)25)22-4-3-11-30-22/h3-8,11-14,24H,9-10,25H2,1-2H3. The molecule has 3 heterocycles. The van der Waals surface area contributed by atoms with Crippen molar-refractivity contribution in [2.75, 3.05) is 31.4 Å². The first-order valence-corrected chi connectivity index (χ1v) is 11.8. The van der Waals surface area contributed by atoms with Gasteiger partial charge in [-0.05, 0) is 41.3 Å². The van der Waals surface area contributed by atoms with E-state index in [9.17, 15) is 0 Å². The number of rotatable bonds is 5. The van der Waals surface area contributed by atoms with Gasteiger partial charge in [0.05, 0.1) is 19.9 Å². The zero-order chi connectivity index (χ0) is 21.4. The highest BCUT2D eigenvalue weighted by atomic mass is 32.2. The molecule has 1 unspecified atom stereocenters. The Kier molecular flexibility index (Phi) is 5.38. The first kappa shape index (κ1) is 20.0. The number of anilines is 2. The van der Waals surface area contributed by atoms with Crippen LogP contribution < -0.4 is 20.1 Å². The molecule has 0 saturated heterocycles. The highest BCUT2D eigenvalue weighted by Gasteiger charge is 2.30. The summed E-state index contributed by atoms with van der Waals surface area (Å²) in [7, 11) is 3.31. The molecule has 2 N–H and O–H groups in total. The largest absolute Gasteiger partial charge is 0.493 e. The summed E-state index contributed by atoms with van der Waals surface area (Å²) in [6.45, 7) is 0.871. The lowest BCUT2D eigenvalue weighted by molar-refractivity contribution is 0.355. The molecule has 7 heteroatoms. The van der Waals surface area contributed by atoms with Crippen LogP contribution >= 0.6 is 23.1 Å². The lowest BCUT2D eigenvalue weighted by Gasteiger charge is -2.26. The van der Waals surface area contributed by atoms with Gasteiger partial charge in [0.15, 0.2) is 11.5 Å². The third-order valence-electron chi connectivity index (χ3n) is 5.52. The summed E-state index contributed by atoms with van der Waals surface area (Å²) in [6.07, 6.45) is 3.09. The number of aliphatic imine (C=N–C) groups is 1. The SMILES string of the molecule is COc1ccc(N2C=C3SC(c4cc(-c5cccs5)ccc4N)N=C3CC2)cc1OC. The molecule has 2 aliphatic heterocycles. The Morgan fingerprint density at radius 3 is 2.71 bits per heavy atom. The Bertz CT molecular complexity index is 1170. The Balaban J connectivity index is 1.42. The average molecular weight is 450 g/mol. The van der Waals surface area contributed by atoms with E-state index in [1.165, 1.54) is 15.3 Å². The molecule has 1 atom stereocenters. The monoisotopic (exact) mass is 449 g/mol. The number of nitrogen functional groups attached to an aromatic ring is 1. The van der Waals surface area contributed by atoms with Gasteiger partial charge in [-0.25, -0.2) is 0 Å². The van der Waals surface area contributed by atoms with E-state index in [1.807, 2.05) is 18.2 Å². The van der Waals surface area contributed by atoms with Gasteiger partial charge in [0.1, 0.15) is 5.37 Å². The number of nitrogens with zero attached hydrogens (tertiary/aromatic N) is 2. The van der Waals surface area contributed by atoms with Crippen molar-refractivity contribution in [3.63, 3.8) is 0 Å². The maximum Gasteiger partial charge on any atom is 0.162 e. The molecule has 1 aromatic heterocycles. The van der Waals surface area contributed by atoms with Crippen molar-refractivity contribution < 1.29 is 9.47 Å². The number of methoxy groups -OCH3 is 2. The highest BCUT2D eigenvalue weighted by Crippen LogP contribution is 2.47. The van der Waals surface area contributed by atoms with Gasteiger partial charge in [0, 0.05) is 52.0 Å². The van der Waals surface area contributed by atoms with Crippen LogP contribution in [0, 0.1) is 0 Å². The number of fused-ring (bicyclic) bond motifs is 1. The summed E-state index contributed by atoms with van der Waals surface area (Å²) in [5.74, 6) is 1.46. The van der Waals surface area contributed by atoms with Crippen LogP contribution in [0.5, 0.6) is 11.5 Å². The topological polar surface area (TPSA) is 60.1 Å². The van der Waals surface area contributed by atoms with E-state index >= 15 is 0 Å². The first-order chi connectivity index (χ1) is 15.2. The van der Waals surface area contributed by atoms with Crippen molar-refractivity contribution in [1.82, 2.24) is 0 Å². The molecule has 0 amide bonds. The van der Waals surface area contributed by atoms with Crippen molar-refractivity contribution in [1.29, 1.82) is 0 Å². The highest BCUT2D eigenvalue weighted by molar-refractivity contribution is 8.04. The molecule has 158 valence electrons. The minimum Gasteiger partial charge on any atom is -0.493 e. The molecule has 0 saturated carbocycles. The van der Waals surface area contributed by atoms with Gasteiger partial charge >= 0.3 is 0 Å². The maximum atomic E-state index is 6.35. The predicted molar refractivity (Wildman–Crippen MR) is 132 cm³/mol. The van der Waals surface area contributed by atoms with Gasteiger partial charge < -0.3 is 20.1 Å². The second-order valence-corrected chi connectivity index (χ2v) is 9.41. The van der Waals surface area contributed by atoms with Crippen LogP contribution in [0.4, 0.5) is 11.4 Å². The number of hydrogen-bond acceptors (Lipinski definition) is 7. The summed E-state index contributed by atoms with van der Waals surface area (Å²) >= 11 is 3.50. The normalized spacial score (nSPS) is 17.7. The van der Waals surface area contributed by atoms with Crippen molar-refractivity contribution in [2.45, 2.75) is 11.8 Å². The van der Waals surface area contributed by atoms with Crippen LogP contribution in [0.1, 0.15) is 17.4 Å². The maximum absolute atomic E-state index is 6.35. The van der Waals surface area contributed by atoms with Gasteiger partial charge in [0.2, 0.25) is 0 Å². The second kappa shape index (κ2) is 8.32. The van der Waals surface area contributed by atoms with Crippen LogP contribution in [0.3, 0.4) is 0 Å². The van der Waals surface area contributed by atoms with E-state index in [2.05, 4.69) is 46.8 Å². The fourth-order valence-corrected chi connectivity index (χ4v) is 5.82. The minimum atomic E-state index is -0.00786. The van der Waals surface area contributed by atoms with Crippen molar-refractivity contribution >= 4 is 40.2 Å². The van der Waals surface area contributed by atoms with Crippen LogP contribution in [0.15, 0.2) is 70.0 Å². The van der Waals surface area contributed by atoms with Crippen molar-refractivity contribution in [3.05, 3.63) is 70.6 Å². The fourth-order valence-electron chi connectivity index (χ4n) is 3.87. The number of nitrogens with two attached hydrogens (primary N) is 1. The molecule has 2 aliphatic rings. The molecule has 0 aliphatic carbocycles. The Morgan fingerprint density at radius 2 is 1.94 bits per heavy atom. The minimum absolute atomic E-state index is 0.00786.